The lowest BCUT2D eigenvalue weighted by molar-refractivity contribution is 0.0802. The fraction of sp³-hybridized carbons (Fsp3) is 1.00. The topological polar surface area (TPSA) is 29.5 Å². The molecule has 0 aliphatic heterocycles. The van der Waals surface area contributed by atoms with Crippen LogP contribution < -0.4 is 0 Å². The van der Waals surface area contributed by atoms with Crippen molar-refractivity contribution >= 4 is 0 Å². The van der Waals surface area contributed by atoms with Crippen molar-refractivity contribution in [2.45, 2.75) is 32.1 Å². The molecular weight excluding hydrogens is 140 g/mol. The summed E-state index contributed by atoms with van der Waals surface area (Å²) in [6.45, 7) is 1.14. The average Bonchev–Trinajstić information content (AvgIpc) is 2.50. The lowest BCUT2D eigenvalue weighted by Crippen LogP contribution is -2.23. The summed E-state index contributed by atoms with van der Waals surface area (Å²) < 4.78 is 5.02. The van der Waals surface area contributed by atoms with E-state index in [2.05, 4.69) is 0 Å². The minimum atomic E-state index is 0.218. The van der Waals surface area contributed by atoms with E-state index in [0.29, 0.717) is 6.61 Å². The van der Waals surface area contributed by atoms with Crippen LogP contribution in [0.15, 0.2) is 0 Å². The van der Waals surface area contributed by atoms with Gasteiger partial charge in [-0.2, -0.15) is 0 Å². The van der Waals surface area contributed by atoms with Gasteiger partial charge in [-0.25, -0.2) is 0 Å². The molecule has 11 heavy (non-hydrogen) atoms. The van der Waals surface area contributed by atoms with Gasteiger partial charge in [0, 0.05) is 20.3 Å². The first-order chi connectivity index (χ1) is 5.33. The number of hydrogen-bond acceptors (Lipinski definition) is 2. The van der Waals surface area contributed by atoms with Crippen LogP contribution in [0.4, 0.5) is 0 Å². The van der Waals surface area contributed by atoms with E-state index in [-0.39, 0.29) is 5.41 Å². The van der Waals surface area contributed by atoms with Gasteiger partial charge in [-0.15, -0.1) is 0 Å². The van der Waals surface area contributed by atoms with Crippen molar-refractivity contribution in [3.8, 4) is 0 Å². The Bertz CT molecular complexity index is 106. The Labute approximate surface area is 68.6 Å². The van der Waals surface area contributed by atoms with Gasteiger partial charge in [0.15, 0.2) is 0 Å². The molecule has 0 spiro atoms. The van der Waals surface area contributed by atoms with E-state index in [1.807, 2.05) is 0 Å². The maximum atomic E-state index is 9.19. The molecule has 0 atom stereocenters. The number of ether oxygens (including phenoxy) is 1. The van der Waals surface area contributed by atoms with E-state index in [9.17, 15) is 5.11 Å². The third-order valence-electron chi connectivity index (χ3n) is 2.84. The van der Waals surface area contributed by atoms with E-state index in [1.54, 1.807) is 7.11 Å². The van der Waals surface area contributed by atoms with Crippen molar-refractivity contribution in [2.75, 3.05) is 20.3 Å². The van der Waals surface area contributed by atoms with Crippen LogP contribution in [-0.4, -0.2) is 25.4 Å². The van der Waals surface area contributed by atoms with E-state index in [4.69, 9.17) is 4.74 Å². The Balaban J connectivity index is 2.33. The summed E-state index contributed by atoms with van der Waals surface area (Å²) in [4.78, 5) is 0. The minimum Gasteiger partial charge on any atom is -0.396 e. The molecule has 1 N–H and O–H groups in total. The lowest BCUT2D eigenvalue weighted by atomic mass is 9.84. The molecule has 1 aliphatic carbocycles. The highest BCUT2D eigenvalue weighted by Crippen LogP contribution is 2.40. The second-order valence-electron chi connectivity index (χ2n) is 3.61. The summed E-state index contributed by atoms with van der Waals surface area (Å²) in [5.41, 5.74) is 0.218. The maximum Gasteiger partial charge on any atom is 0.0488 e. The molecular formula is C9H18O2. The Kier molecular flexibility index (Phi) is 3.34. The van der Waals surface area contributed by atoms with Gasteiger partial charge in [-0.3, -0.25) is 0 Å². The van der Waals surface area contributed by atoms with Crippen LogP contribution >= 0.6 is 0 Å². The SMILES string of the molecule is COCCC1(CO)CCCC1. The predicted molar refractivity (Wildman–Crippen MR) is 44.5 cm³/mol. The molecule has 2 nitrogen and oxygen atoms in total. The molecule has 0 unspecified atom stereocenters. The average molecular weight is 158 g/mol. The molecule has 0 bridgehead atoms. The van der Waals surface area contributed by atoms with Crippen molar-refractivity contribution in [1.82, 2.24) is 0 Å². The highest BCUT2D eigenvalue weighted by atomic mass is 16.5. The smallest absolute Gasteiger partial charge is 0.0488 e. The Hall–Kier alpha value is -0.0800. The zero-order chi connectivity index (χ0) is 8.16. The van der Waals surface area contributed by atoms with Gasteiger partial charge in [-0.1, -0.05) is 12.8 Å². The molecule has 0 amide bonds. The Morgan fingerprint density at radius 1 is 1.36 bits per heavy atom. The monoisotopic (exact) mass is 158 g/mol. The van der Waals surface area contributed by atoms with Crippen molar-refractivity contribution < 1.29 is 9.84 Å². The minimum absolute atomic E-state index is 0.218. The zero-order valence-corrected chi connectivity index (χ0v) is 7.31. The lowest BCUT2D eigenvalue weighted by Gasteiger charge is -2.25. The van der Waals surface area contributed by atoms with Crippen LogP contribution in [-0.2, 0) is 4.74 Å². The normalized spacial score (nSPS) is 22.4. The number of methoxy groups -OCH3 is 1. The van der Waals surface area contributed by atoms with Gasteiger partial charge < -0.3 is 9.84 Å². The Morgan fingerprint density at radius 2 is 2.00 bits per heavy atom. The third kappa shape index (κ3) is 2.17. The van der Waals surface area contributed by atoms with Gasteiger partial charge in [0.2, 0.25) is 0 Å². The van der Waals surface area contributed by atoms with Gasteiger partial charge in [-0.05, 0) is 24.7 Å². The highest BCUT2D eigenvalue weighted by molar-refractivity contribution is 4.83. The quantitative estimate of drug-likeness (QED) is 0.673. The summed E-state index contributed by atoms with van der Waals surface area (Å²) in [6.07, 6.45) is 5.97. The molecule has 2 heteroatoms. The maximum absolute atomic E-state index is 9.19. The molecule has 0 aromatic heterocycles. The van der Waals surface area contributed by atoms with Gasteiger partial charge in [0.25, 0.3) is 0 Å². The molecule has 1 fully saturated rings. The zero-order valence-electron chi connectivity index (χ0n) is 7.31. The van der Waals surface area contributed by atoms with Crippen LogP contribution in [0, 0.1) is 5.41 Å². The van der Waals surface area contributed by atoms with Crippen molar-refractivity contribution in [3.05, 3.63) is 0 Å². The van der Waals surface area contributed by atoms with Gasteiger partial charge >= 0.3 is 0 Å². The second-order valence-corrected chi connectivity index (χ2v) is 3.61. The second kappa shape index (κ2) is 4.07. The molecule has 1 aliphatic rings. The summed E-state index contributed by atoms with van der Waals surface area (Å²) in [5.74, 6) is 0. The van der Waals surface area contributed by atoms with Crippen molar-refractivity contribution in [1.29, 1.82) is 0 Å². The Morgan fingerprint density at radius 3 is 2.45 bits per heavy atom. The summed E-state index contributed by atoms with van der Waals surface area (Å²) in [5, 5.41) is 9.19. The van der Waals surface area contributed by atoms with E-state index < -0.39 is 0 Å². The predicted octanol–water partition coefficient (Wildman–Crippen LogP) is 1.58. The van der Waals surface area contributed by atoms with E-state index in [0.717, 1.165) is 13.0 Å². The van der Waals surface area contributed by atoms with Crippen molar-refractivity contribution in [3.63, 3.8) is 0 Å². The van der Waals surface area contributed by atoms with Crippen LogP contribution in [0.3, 0.4) is 0 Å². The summed E-state index contributed by atoms with van der Waals surface area (Å²) in [7, 11) is 1.72. The van der Waals surface area contributed by atoms with Crippen LogP contribution in [0.1, 0.15) is 32.1 Å². The van der Waals surface area contributed by atoms with E-state index in [1.165, 1.54) is 25.7 Å². The first kappa shape index (κ1) is 9.01. The highest BCUT2D eigenvalue weighted by Gasteiger charge is 2.32. The fourth-order valence-corrected chi connectivity index (χ4v) is 1.93. The molecule has 0 saturated heterocycles. The molecule has 66 valence electrons. The molecule has 1 saturated carbocycles. The first-order valence-corrected chi connectivity index (χ1v) is 4.43. The molecule has 1 rings (SSSR count). The standard InChI is InChI=1S/C9H18O2/c1-11-7-6-9(8-10)4-2-3-5-9/h10H,2-8H2,1H3. The number of rotatable bonds is 4. The summed E-state index contributed by atoms with van der Waals surface area (Å²) in [6, 6.07) is 0. The number of aliphatic hydroxyl groups is 1. The van der Waals surface area contributed by atoms with E-state index >= 15 is 0 Å². The molecule has 0 radical (unpaired) electrons. The van der Waals surface area contributed by atoms with Crippen molar-refractivity contribution in [2.24, 2.45) is 5.41 Å². The number of hydrogen-bond donors (Lipinski definition) is 1. The number of aliphatic hydroxyl groups excluding tert-OH is 1. The molecule has 0 aromatic carbocycles. The fourth-order valence-electron chi connectivity index (χ4n) is 1.93. The van der Waals surface area contributed by atoms with Gasteiger partial charge in [0.05, 0.1) is 0 Å². The third-order valence-corrected chi connectivity index (χ3v) is 2.84. The van der Waals surface area contributed by atoms with Gasteiger partial charge in [0.1, 0.15) is 0 Å². The largest absolute Gasteiger partial charge is 0.396 e. The van der Waals surface area contributed by atoms with Crippen LogP contribution in [0.25, 0.3) is 0 Å². The van der Waals surface area contributed by atoms with Crippen LogP contribution in [0.2, 0.25) is 0 Å². The molecule has 0 heterocycles. The first-order valence-electron chi connectivity index (χ1n) is 4.43. The van der Waals surface area contributed by atoms with Crippen LogP contribution in [0.5, 0.6) is 0 Å². The molecule has 0 aromatic rings. The summed E-state index contributed by atoms with van der Waals surface area (Å²) >= 11 is 0.